The van der Waals surface area contributed by atoms with E-state index >= 15 is 4.39 Å². The van der Waals surface area contributed by atoms with Crippen molar-refractivity contribution in [3.63, 3.8) is 0 Å². The lowest BCUT2D eigenvalue weighted by atomic mass is 9.87. The molecule has 5 nitrogen and oxygen atoms in total. The Hall–Kier alpha value is -3.12. The highest BCUT2D eigenvalue weighted by molar-refractivity contribution is 5.56. The number of fused-ring (bicyclic) bond motifs is 1. The number of hydrogen-bond acceptors (Lipinski definition) is 4. The number of anilines is 1. The van der Waals surface area contributed by atoms with Crippen LogP contribution in [-0.2, 0) is 6.18 Å². The van der Waals surface area contributed by atoms with E-state index in [0.717, 1.165) is 17.7 Å². The molecule has 0 bridgehead atoms. The molecule has 1 aromatic carbocycles. The van der Waals surface area contributed by atoms with Gasteiger partial charge >= 0.3 is 6.18 Å². The van der Waals surface area contributed by atoms with Crippen LogP contribution in [0, 0.1) is 18.8 Å². The van der Waals surface area contributed by atoms with E-state index in [4.69, 9.17) is 0 Å². The molecule has 0 amide bonds. The molecule has 3 aromatic rings. The van der Waals surface area contributed by atoms with Gasteiger partial charge in [0.25, 0.3) is 0 Å². The summed E-state index contributed by atoms with van der Waals surface area (Å²) < 4.78 is 55.5. The molecule has 4 rings (SSSR count). The molecule has 1 saturated heterocycles. The van der Waals surface area contributed by atoms with E-state index in [1.807, 2.05) is 6.92 Å². The average Bonchev–Trinajstić information content (AvgIpc) is 3.29. The second-order valence-corrected chi connectivity index (χ2v) is 8.59. The predicted molar refractivity (Wildman–Crippen MR) is 112 cm³/mol. The Balaban J connectivity index is 1.68. The fourth-order valence-electron chi connectivity index (χ4n) is 3.76. The van der Waals surface area contributed by atoms with E-state index in [0.29, 0.717) is 23.7 Å². The zero-order chi connectivity index (χ0) is 23.3. The number of aryl methyl sites for hydroxylation is 1. The molecule has 0 saturated carbocycles. The van der Waals surface area contributed by atoms with E-state index in [1.165, 1.54) is 36.7 Å². The van der Waals surface area contributed by atoms with E-state index in [9.17, 15) is 18.3 Å². The van der Waals surface area contributed by atoms with Gasteiger partial charge in [-0.2, -0.15) is 13.2 Å². The molecule has 32 heavy (non-hydrogen) atoms. The first-order chi connectivity index (χ1) is 14.9. The summed E-state index contributed by atoms with van der Waals surface area (Å²) in [4.78, 5) is 6.04. The normalized spacial score (nSPS) is 19.3. The van der Waals surface area contributed by atoms with Gasteiger partial charge in [0.2, 0.25) is 0 Å². The zero-order valence-corrected chi connectivity index (χ0v) is 17.8. The molecule has 1 aliphatic rings. The summed E-state index contributed by atoms with van der Waals surface area (Å²) in [5, 5.41) is 14.8. The van der Waals surface area contributed by atoms with Crippen LogP contribution in [0.1, 0.15) is 42.7 Å². The lowest BCUT2D eigenvalue weighted by molar-refractivity contribution is -0.137. The molecule has 168 valence electrons. The molecular formula is C23H22F4N4O. The first-order valence-electron chi connectivity index (χ1n) is 10.1. The second-order valence-electron chi connectivity index (χ2n) is 8.59. The van der Waals surface area contributed by atoms with Crippen LogP contribution in [-0.4, -0.2) is 44.1 Å². The largest absolute Gasteiger partial charge is 0.416 e. The highest BCUT2D eigenvalue weighted by Gasteiger charge is 2.50. The molecule has 1 unspecified atom stereocenters. The number of imidazole rings is 1. The average molecular weight is 446 g/mol. The van der Waals surface area contributed by atoms with Crippen molar-refractivity contribution in [2.75, 3.05) is 18.0 Å². The summed E-state index contributed by atoms with van der Waals surface area (Å²) in [7, 11) is 0. The third kappa shape index (κ3) is 4.02. The first-order valence-corrected chi connectivity index (χ1v) is 10.1. The number of nitrogens with zero attached hydrogens (tertiary/aromatic N) is 4. The quantitative estimate of drug-likeness (QED) is 0.475. The lowest BCUT2D eigenvalue weighted by Gasteiger charge is -2.32. The number of aromatic nitrogens is 3. The van der Waals surface area contributed by atoms with Crippen LogP contribution >= 0.6 is 0 Å². The Morgan fingerprint density at radius 1 is 1.16 bits per heavy atom. The summed E-state index contributed by atoms with van der Waals surface area (Å²) >= 11 is 0. The van der Waals surface area contributed by atoms with Gasteiger partial charge in [-0.25, -0.2) is 13.9 Å². The van der Waals surface area contributed by atoms with Gasteiger partial charge in [-0.3, -0.25) is 0 Å². The van der Waals surface area contributed by atoms with Gasteiger partial charge in [-0.1, -0.05) is 12.0 Å². The number of halogens is 4. The fourth-order valence-corrected chi connectivity index (χ4v) is 3.76. The number of benzene rings is 1. The van der Waals surface area contributed by atoms with E-state index in [1.54, 1.807) is 11.0 Å². The molecule has 0 radical (unpaired) electrons. The molecule has 1 aliphatic heterocycles. The van der Waals surface area contributed by atoms with Crippen molar-refractivity contribution in [2.45, 2.75) is 44.6 Å². The minimum atomic E-state index is -4.44. The van der Waals surface area contributed by atoms with Crippen LogP contribution < -0.4 is 4.90 Å². The maximum atomic E-state index is 15.2. The maximum Gasteiger partial charge on any atom is 0.416 e. The van der Waals surface area contributed by atoms with Crippen molar-refractivity contribution in [1.82, 2.24) is 14.6 Å². The predicted octanol–water partition coefficient (Wildman–Crippen LogP) is 4.15. The topological polar surface area (TPSA) is 53.7 Å². The number of hydrogen-bond donors (Lipinski definition) is 1. The van der Waals surface area contributed by atoms with Gasteiger partial charge in [0.05, 0.1) is 23.9 Å². The molecule has 0 aliphatic carbocycles. The molecule has 2 aromatic heterocycles. The maximum absolute atomic E-state index is 15.2. The SMILES string of the molecule is Cc1cc2ncc(C#Cc3cccc(C(F)(F)F)c3)n2nc1N1CCC(F)(C(C)(C)O)C1. The number of alkyl halides is 4. The van der Waals surface area contributed by atoms with Crippen molar-refractivity contribution in [3.05, 3.63) is 58.9 Å². The third-order valence-electron chi connectivity index (χ3n) is 5.80. The van der Waals surface area contributed by atoms with Gasteiger partial charge in [0, 0.05) is 18.5 Å². The van der Waals surface area contributed by atoms with Gasteiger partial charge in [0.15, 0.2) is 17.1 Å². The van der Waals surface area contributed by atoms with Gasteiger partial charge in [-0.15, -0.1) is 5.10 Å². The molecular weight excluding hydrogens is 424 g/mol. The lowest BCUT2D eigenvalue weighted by Crippen LogP contribution is -2.48. The molecule has 0 spiro atoms. The Bertz CT molecular complexity index is 1230. The summed E-state index contributed by atoms with van der Waals surface area (Å²) in [6.07, 6.45) is -2.78. The minimum Gasteiger partial charge on any atom is -0.387 e. The Morgan fingerprint density at radius 2 is 1.91 bits per heavy atom. The molecule has 1 fully saturated rings. The molecule has 3 heterocycles. The number of aliphatic hydroxyl groups is 1. The van der Waals surface area contributed by atoms with Gasteiger partial charge in [0.1, 0.15) is 5.69 Å². The van der Waals surface area contributed by atoms with E-state index in [2.05, 4.69) is 21.9 Å². The van der Waals surface area contributed by atoms with Crippen molar-refractivity contribution in [1.29, 1.82) is 0 Å². The standard InChI is InChI=1S/C23H22F4N4O/c1-15-11-19-28-13-18(8-7-16-5-4-6-17(12-16)23(25,26)27)31(19)29-20(15)30-10-9-22(24,14-30)21(2,3)32/h4-6,11-13,32H,9-10,14H2,1-3H3. The van der Waals surface area contributed by atoms with Gasteiger partial charge in [-0.05, 0) is 56.5 Å². The summed E-state index contributed by atoms with van der Waals surface area (Å²) in [5.41, 5.74) is -2.10. The Kier molecular flexibility index (Phi) is 5.17. The zero-order valence-electron chi connectivity index (χ0n) is 17.8. The summed E-state index contributed by atoms with van der Waals surface area (Å²) in [6.45, 7) is 5.14. The molecule has 1 N–H and O–H groups in total. The molecule has 1 atom stereocenters. The monoisotopic (exact) mass is 446 g/mol. The van der Waals surface area contributed by atoms with Crippen molar-refractivity contribution >= 4 is 11.5 Å². The highest BCUT2D eigenvalue weighted by atomic mass is 19.4. The third-order valence-corrected chi connectivity index (χ3v) is 5.80. The first kappa shape index (κ1) is 22.1. The fraction of sp³-hybridized carbons (Fsp3) is 0.391. The second kappa shape index (κ2) is 7.48. The number of rotatable bonds is 2. The van der Waals surface area contributed by atoms with Crippen LogP contribution in [0.4, 0.5) is 23.4 Å². The Labute approximate surface area is 182 Å². The van der Waals surface area contributed by atoms with E-state index in [-0.39, 0.29) is 18.5 Å². The smallest absolute Gasteiger partial charge is 0.387 e. The van der Waals surface area contributed by atoms with Crippen LogP contribution in [0.5, 0.6) is 0 Å². The summed E-state index contributed by atoms with van der Waals surface area (Å²) in [5.74, 6) is 6.10. The van der Waals surface area contributed by atoms with Crippen molar-refractivity contribution in [3.8, 4) is 11.8 Å². The van der Waals surface area contributed by atoms with Crippen molar-refractivity contribution in [2.24, 2.45) is 0 Å². The summed E-state index contributed by atoms with van der Waals surface area (Å²) in [6, 6.07) is 6.57. The van der Waals surface area contributed by atoms with Crippen LogP contribution in [0.3, 0.4) is 0 Å². The van der Waals surface area contributed by atoms with Crippen LogP contribution in [0.25, 0.3) is 5.65 Å². The highest BCUT2D eigenvalue weighted by Crippen LogP contribution is 2.38. The van der Waals surface area contributed by atoms with Crippen molar-refractivity contribution < 1.29 is 22.7 Å². The minimum absolute atomic E-state index is 0.00418. The Morgan fingerprint density at radius 3 is 2.56 bits per heavy atom. The van der Waals surface area contributed by atoms with E-state index < -0.39 is 23.0 Å². The van der Waals surface area contributed by atoms with Crippen LogP contribution in [0.2, 0.25) is 0 Å². The molecule has 9 heteroatoms. The van der Waals surface area contributed by atoms with Crippen LogP contribution in [0.15, 0.2) is 36.5 Å². The van der Waals surface area contributed by atoms with Gasteiger partial charge < -0.3 is 10.0 Å².